The number of rotatable bonds is 5. The average Bonchev–Trinajstić information content (AvgIpc) is 2.71. The first-order chi connectivity index (χ1) is 15.4. The number of nitrogens with two attached hydrogens (primary N) is 1. The smallest absolute Gasteiger partial charge is 0.345 e. The van der Waals surface area contributed by atoms with E-state index in [-0.39, 0.29) is 53.1 Å². The predicted octanol–water partition coefficient (Wildman–Crippen LogP) is 2.40. The van der Waals surface area contributed by atoms with Crippen molar-refractivity contribution in [2.24, 2.45) is 5.73 Å². The van der Waals surface area contributed by atoms with Crippen LogP contribution in [0.4, 0.5) is 0 Å². The lowest BCUT2D eigenvalue weighted by molar-refractivity contribution is -0.132. The molecule has 0 aliphatic rings. The Bertz CT molecular complexity index is 1010. The van der Waals surface area contributed by atoms with Crippen molar-refractivity contribution in [3.63, 3.8) is 0 Å². The number of hydrogen-bond donors (Lipinski definition) is 3. The highest BCUT2D eigenvalue weighted by molar-refractivity contribution is 5.97. The van der Waals surface area contributed by atoms with E-state index in [0.29, 0.717) is 11.1 Å². The molecule has 0 aliphatic carbocycles. The molecule has 2 rings (SSSR count). The number of ether oxygens (including phenoxy) is 4. The number of methoxy groups -OCH3 is 2. The second-order valence-corrected chi connectivity index (χ2v) is 6.52. The van der Waals surface area contributed by atoms with E-state index in [1.54, 1.807) is 6.92 Å². The molecule has 0 spiro atoms. The van der Waals surface area contributed by atoms with E-state index in [2.05, 4.69) is 9.47 Å². The van der Waals surface area contributed by atoms with Gasteiger partial charge < -0.3 is 34.9 Å². The summed E-state index contributed by atoms with van der Waals surface area (Å²) in [5.41, 5.74) is 6.17. The molecule has 186 valence electrons. The van der Waals surface area contributed by atoms with Crippen molar-refractivity contribution in [3.05, 3.63) is 46.5 Å². The first kappa shape index (κ1) is 30.2. The van der Waals surface area contributed by atoms with Gasteiger partial charge in [0.15, 0.2) is 0 Å². The number of aryl methyl sites for hydroxylation is 1. The maximum Gasteiger partial charge on any atom is 0.345 e. The molecule has 0 fully saturated rings. The fourth-order valence-electron chi connectivity index (χ4n) is 2.59. The molecule has 0 unspecified atom stereocenters. The highest BCUT2D eigenvalue weighted by Gasteiger charge is 2.23. The van der Waals surface area contributed by atoms with E-state index < -0.39 is 23.9 Å². The van der Waals surface area contributed by atoms with Gasteiger partial charge in [0.1, 0.15) is 34.1 Å². The summed E-state index contributed by atoms with van der Waals surface area (Å²) in [6.45, 7) is 4.29. The van der Waals surface area contributed by atoms with Gasteiger partial charge >= 0.3 is 23.9 Å². The number of halogens is 1. The van der Waals surface area contributed by atoms with E-state index in [1.807, 2.05) is 0 Å². The Morgan fingerprint density at radius 1 is 0.794 bits per heavy atom. The molecule has 0 atom stereocenters. The molecule has 0 aromatic heterocycles. The van der Waals surface area contributed by atoms with Crippen LogP contribution in [0.2, 0.25) is 0 Å². The Morgan fingerprint density at radius 2 is 1.18 bits per heavy atom. The summed E-state index contributed by atoms with van der Waals surface area (Å²) in [6.07, 6.45) is 0. The van der Waals surface area contributed by atoms with Crippen molar-refractivity contribution in [1.29, 1.82) is 0 Å². The maximum atomic E-state index is 11.7. The lowest BCUT2D eigenvalue weighted by Gasteiger charge is -2.13. The second kappa shape index (κ2) is 13.7. The zero-order valence-electron chi connectivity index (χ0n) is 19.2. The minimum atomic E-state index is -0.788. The molecule has 0 saturated carbocycles. The van der Waals surface area contributed by atoms with Crippen LogP contribution in [-0.2, 0) is 25.6 Å². The lowest BCUT2D eigenvalue weighted by Crippen LogP contribution is -2.13. The van der Waals surface area contributed by atoms with Gasteiger partial charge in [-0.3, -0.25) is 9.59 Å². The van der Waals surface area contributed by atoms with Gasteiger partial charge in [0.2, 0.25) is 0 Å². The predicted molar refractivity (Wildman–Crippen MR) is 121 cm³/mol. The van der Waals surface area contributed by atoms with E-state index >= 15 is 0 Å². The van der Waals surface area contributed by atoms with E-state index in [9.17, 15) is 29.4 Å². The first-order valence-corrected chi connectivity index (χ1v) is 9.38. The lowest BCUT2D eigenvalue weighted by atomic mass is 10.1. The number of aromatic hydroxyl groups is 2. The van der Waals surface area contributed by atoms with Crippen molar-refractivity contribution < 1.29 is 48.3 Å². The zero-order valence-corrected chi connectivity index (χ0v) is 20.0. The van der Waals surface area contributed by atoms with Gasteiger partial charge in [-0.15, -0.1) is 12.4 Å². The fraction of sp³-hybridized carbons (Fsp3) is 0.273. The van der Waals surface area contributed by atoms with E-state index in [0.717, 1.165) is 7.11 Å². The van der Waals surface area contributed by atoms with Gasteiger partial charge in [-0.05, 0) is 42.3 Å². The Balaban J connectivity index is 0.000000649. The van der Waals surface area contributed by atoms with Crippen LogP contribution in [0.1, 0.15) is 45.7 Å². The third kappa shape index (κ3) is 8.26. The largest absolute Gasteiger partial charge is 0.507 e. The van der Waals surface area contributed by atoms with Crippen molar-refractivity contribution in [2.45, 2.75) is 27.3 Å². The Labute approximate surface area is 201 Å². The highest BCUT2D eigenvalue weighted by Crippen LogP contribution is 2.32. The molecule has 2 aromatic carbocycles. The summed E-state index contributed by atoms with van der Waals surface area (Å²) >= 11 is 0. The summed E-state index contributed by atoms with van der Waals surface area (Å²) in [6, 6.07) is 5.60. The zero-order chi connectivity index (χ0) is 25.3. The number of phenols is 2. The number of hydrogen-bond acceptors (Lipinski definition) is 11. The van der Waals surface area contributed by atoms with Gasteiger partial charge in [0.05, 0.1) is 14.2 Å². The van der Waals surface area contributed by atoms with Crippen LogP contribution < -0.4 is 15.2 Å². The molecule has 11 nitrogen and oxygen atoms in total. The monoisotopic (exact) mass is 499 g/mol. The van der Waals surface area contributed by atoms with Crippen LogP contribution in [0.15, 0.2) is 24.3 Å². The SMILES string of the molecule is COC(=O)c1c(O)cc(CN)cc1O.COC(=O)c1c(OC(C)=O)cc(C)cc1OC(C)=O.Cl. The Morgan fingerprint density at radius 3 is 1.50 bits per heavy atom. The van der Waals surface area contributed by atoms with Crippen LogP contribution in [0.3, 0.4) is 0 Å². The van der Waals surface area contributed by atoms with Gasteiger partial charge in [-0.25, -0.2) is 9.59 Å². The minimum Gasteiger partial charge on any atom is -0.507 e. The van der Waals surface area contributed by atoms with Crippen molar-refractivity contribution in [2.75, 3.05) is 14.2 Å². The summed E-state index contributed by atoms with van der Waals surface area (Å²) in [4.78, 5) is 44.9. The molecule has 34 heavy (non-hydrogen) atoms. The van der Waals surface area contributed by atoms with Crippen molar-refractivity contribution in [1.82, 2.24) is 0 Å². The van der Waals surface area contributed by atoms with Crippen LogP contribution in [0.25, 0.3) is 0 Å². The van der Waals surface area contributed by atoms with Crippen LogP contribution in [-0.4, -0.2) is 48.3 Å². The molecular weight excluding hydrogens is 474 g/mol. The molecule has 0 amide bonds. The summed E-state index contributed by atoms with van der Waals surface area (Å²) < 4.78 is 18.9. The third-order valence-electron chi connectivity index (χ3n) is 3.89. The van der Waals surface area contributed by atoms with Gasteiger partial charge in [0, 0.05) is 20.4 Å². The van der Waals surface area contributed by atoms with Crippen LogP contribution >= 0.6 is 12.4 Å². The molecule has 0 saturated heterocycles. The Hall–Kier alpha value is -3.83. The van der Waals surface area contributed by atoms with Crippen molar-refractivity contribution >= 4 is 36.3 Å². The maximum absolute atomic E-state index is 11.7. The average molecular weight is 500 g/mol. The molecule has 12 heteroatoms. The molecule has 0 radical (unpaired) electrons. The number of phenolic OH excluding ortho intramolecular Hbond substituents is 2. The number of carbonyl (C=O) groups excluding carboxylic acids is 4. The molecule has 0 aliphatic heterocycles. The molecule has 0 bridgehead atoms. The van der Waals surface area contributed by atoms with Crippen LogP contribution in [0, 0.1) is 6.92 Å². The van der Waals surface area contributed by atoms with E-state index in [1.165, 1.54) is 45.2 Å². The summed E-state index contributed by atoms with van der Waals surface area (Å²) in [5.74, 6) is -3.41. The number of benzene rings is 2. The van der Waals surface area contributed by atoms with Crippen molar-refractivity contribution in [3.8, 4) is 23.0 Å². The normalized spacial score (nSPS) is 9.47. The van der Waals surface area contributed by atoms with Gasteiger partial charge in [0.25, 0.3) is 0 Å². The first-order valence-electron chi connectivity index (χ1n) is 9.38. The summed E-state index contributed by atoms with van der Waals surface area (Å²) in [5, 5.41) is 18.8. The third-order valence-corrected chi connectivity index (χ3v) is 3.89. The van der Waals surface area contributed by atoms with E-state index in [4.69, 9.17) is 15.2 Å². The highest BCUT2D eigenvalue weighted by atomic mass is 35.5. The fourth-order valence-corrected chi connectivity index (χ4v) is 2.59. The molecular formula is C22H26ClNO10. The molecule has 2 aromatic rings. The number of carbonyl (C=O) groups is 4. The van der Waals surface area contributed by atoms with Crippen LogP contribution in [0.5, 0.6) is 23.0 Å². The molecule has 4 N–H and O–H groups in total. The Kier molecular flexibility index (Phi) is 12.1. The topological polar surface area (TPSA) is 172 Å². The van der Waals surface area contributed by atoms with Gasteiger partial charge in [-0.2, -0.15) is 0 Å². The standard InChI is InChI=1S/C13H14O6.C9H11NO4.ClH/c1-7-5-10(18-8(2)14)12(13(16)17-4)11(6-7)19-9(3)15;1-14-9(13)8-6(11)2-5(4-10)3-7(8)12;/h5-6H,1-4H3;2-3,11-12H,4,10H2,1H3;1H. The second-order valence-electron chi connectivity index (χ2n) is 6.52. The minimum absolute atomic E-state index is 0. The quantitative estimate of drug-likeness (QED) is 0.407. The van der Waals surface area contributed by atoms with Gasteiger partial charge in [-0.1, -0.05) is 0 Å². The summed E-state index contributed by atoms with van der Waals surface area (Å²) in [7, 11) is 2.34. The number of esters is 4. The molecule has 0 heterocycles.